The van der Waals surface area contributed by atoms with E-state index in [4.69, 9.17) is 15.0 Å². The van der Waals surface area contributed by atoms with Gasteiger partial charge in [0.25, 0.3) is 0 Å². The van der Waals surface area contributed by atoms with Crippen molar-refractivity contribution < 1.29 is 4.74 Å². The van der Waals surface area contributed by atoms with Gasteiger partial charge in [-0.15, -0.1) is 11.3 Å². The molecule has 0 bridgehead atoms. The molecule has 1 heterocycles. The number of nitriles is 1. The molecule has 2 rings (SSSR count). The van der Waals surface area contributed by atoms with E-state index < -0.39 is 0 Å². The fourth-order valence-electron chi connectivity index (χ4n) is 2.00. The summed E-state index contributed by atoms with van der Waals surface area (Å²) in [4.78, 5) is 5.78. The highest BCUT2D eigenvalue weighted by molar-refractivity contribution is 7.15. The molecule has 0 aliphatic rings. The van der Waals surface area contributed by atoms with Gasteiger partial charge in [-0.2, -0.15) is 5.26 Å². The van der Waals surface area contributed by atoms with E-state index in [0.717, 1.165) is 26.9 Å². The summed E-state index contributed by atoms with van der Waals surface area (Å²) < 4.78 is 5.44. The Morgan fingerprint density at radius 2 is 2.00 bits per heavy atom. The molecule has 0 fully saturated rings. The first-order chi connectivity index (χ1) is 9.65. The van der Waals surface area contributed by atoms with Gasteiger partial charge in [0.05, 0.1) is 24.8 Å². The molecule has 0 aliphatic carbocycles. The van der Waals surface area contributed by atoms with Crippen LogP contribution in [0.1, 0.15) is 37.3 Å². The molecule has 0 aliphatic heterocycles. The number of rotatable bonds is 5. The van der Waals surface area contributed by atoms with Crippen molar-refractivity contribution in [1.82, 2.24) is 4.98 Å². The summed E-state index contributed by atoms with van der Waals surface area (Å²) in [5.74, 6) is 1.21. The zero-order valence-corrected chi connectivity index (χ0v) is 12.8. The molecule has 0 amide bonds. The molecule has 4 heteroatoms. The van der Waals surface area contributed by atoms with Gasteiger partial charge in [-0.25, -0.2) is 4.98 Å². The Morgan fingerprint density at radius 3 is 2.55 bits per heavy atom. The minimum atomic E-state index is 0.339. The standard InChI is InChI=1S/C16H18N2OS/c1-4-19-13-7-5-12(6-8-13)16-18-15(11(2)3)14(20-16)9-10-17/h5-8,11H,4,9H2,1-3H3. The number of thiazole rings is 1. The highest BCUT2D eigenvalue weighted by atomic mass is 32.1. The van der Waals surface area contributed by atoms with Crippen molar-refractivity contribution in [2.45, 2.75) is 33.1 Å². The van der Waals surface area contributed by atoms with Crippen LogP contribution in [0.5, 0.6) is 5.75 Å². The summed E-state index contributed by atoms with van der Waals surface area (Å²) in [5.41, 5.74) is 2.12. The second-order valence-corrected chi connectivity index (χ2v) is 5.86. The van der Waals surface area contributed by atoms with E-state index in [0.29, 0.717) is 18.9 Å². The van der Waals surface area contributed by atoms with Gasteiger partial charge < -0.3 is 4.74 Å². The van der Waals surface area contributed by atoms with Crippen LogP contribution in [0.4, 0.5) is 0 Å². The van der Waals surface area contributed by atoms with E-state index in [9.17, 15) is 0 Å². The molecule has 2 aromatic rings. The largest absolute Gasteiger partial charge is 0.494 e. The molecule has 0 unspecified atom stereocenters. The topological polar surface area (TPSA) is 45.9 Å². The molecule has 0 N–H and O–H groups in total. The fourth-order valence-corrected chi connectivity index (χ4v) is 3.15. The Kier molecular flexibility index (Phi) is 4.75. The normalized spacial score (nSPS) is 10.6. The first-order valence-electron chi connectivity index (χ1n) is 6.75. The van der Waals surface area contributed by atoms with Gasteiger partial charge in [-0.05, 0) is 37.1 Å². The number of benzene rings is 1. The number of hydrogen-bond acceptors (Lipinski definition) is 4. The third-order valence-corrected chi connectivity index (χ3v) is 4.05. The average Bonchev–Trinajstić information content (AvgIpc) is 2.85. The van der Waals surface area contributed by atoms with Gasteiger partial charge in [-0.3, -0.25) is 0 Å². The van der Waals surface area contributed by atoms with Gasteiger partial charge >= 0.3 is 0 Å². The highest BCUT2D eigenvalue weighted by Gasteiger charge is 2.15. The third-order valence-electron chi connectivity index (χ3n) is 2.93. The Bertz CT molecular complexity index is 608. The number of hydrogen-bond donors (Lipinski definition) is 0. The Morgan fingerprint density at radius 1 is 1.30 bits per heavy atom. The van der Waals surface area contributed by atoms with Crippen LogP contribution >= 0.6 is 11.3 Å². The van der Waals surface area contributed by atoms with Crippen LogP contribution in [0.2, 0.25) is 0 Å². The lowest BCUT2D eigenvalue weighted by Gasteiger charge is -2.03. The lowest BCUT2D eigenvalue weighted by Crippen LogP contribution is -1.93. The lowest BCUT2D eigenvalue weighted by atomic mass is 10.1. The van der Waals surface area contributed by atoms with Crippen molar-refractivity contribution in [3.8, 4) is 22.4 Å². The summed E-state index contributed by atoms with van der Waals surface area (Å²) in [6.07, 6.45) is 0.433. The second-order valence-electron chi connectivity index (χ2n) is 4.77. The number of nitrogens with zero attached hydrogens (tertiary/aromatic N) is 2. The predicted molar refractivity (Wildman–Crippen MR) is 82.1 cm³/mol. The van der Waals surface area contributed by atoms with Crippen LogP contribution in [0.15, 0.2) is 24.3 Å². The number of aromatic nitrogens is 1. The van der Waals surface area contributed by atoms with Crippen LogP contribution in [0.3, 0.4) is 0 Å². The Balaban J connectivity index is 2.32. The molecular formula is C16H18N2OS. The molecular weight excluding hydrogens is 268 g/mol. The van der Waals surface area contributed by atoms with Gasteiger partial charge in [0.1, 0.15) is 10.8 Å². The molecule has 104 valence electrons. The quantitative estimate of drug-likeness (QED) is 0.818. The molecule has 1 aromatic heterocycles. The van der Waals surface area contributed by atoms with Crippen molar-refractivity contribution >= 4 is 11.3 Å². The van der Waals surface area contributed by atoms with Crippen molar-refractivity contribution in [2.24, 2.45) is 0 Å². The van der Waals surface area contributed by atoms with E-state index in [2.05, 4.69) is 19.9 Å². The fraction of sp³-hybridized carbons (Fsp3) is 0.375. The molecule has 1 aromatic carbocycles. The van der Waals surface area contributed by atoms with Gasteiger partial charge in [0.2, 0.25) is 0 Å². The van der Waals surface area contributed by atoms with Gasteiger partial charge in [0.15, 0.2) is 0 Å². The summed E-state index contributed by atoms with van der Waals surface area (Å²) in [7, 11) is 0. The second kappa shape index (κ2) is 6.53. The molecule has 0 saturated heterocycles. The first kappa shape index (κ1) is 14.5. The molecule has 0 atom stereocenters. The van der Waals surface area contributed by atoms with Gasteiger partial charge in [-0.1, -0.05) is 13.8 Å². The summed E-state index contributed by atoms with van der Waals surface area (Å²) in [5, 5.41) is 9.89. The van der Waals surface area contributed by atoms with Crippen LogP contribution in [0, 0.1) is 11.3 Å². The smallest absolute Gasteiger partial charge is 0.123 e. The van der Waals surface area contributed by atoms with Gasteiger partial charge in [0, 0.05) is 10.4 Å². The third kappa shape index (κ3) is 3.17. The van der Waals surface area contributed by atoms with E-state index in [-0.39, 0.29) is 0 Å². The Labute approximate surface area is 123 Å². The molecule has 20 heavy (non-hydrogen) atoms. The van der Waals surface area contributed by atoms with Crippen molar-refractivity contribution in [3.05, 3.63) is 34.8 Å². The maximum atomic E-state index is 8.91. The SMILES string of the molecule is CCOc1ccc(-c2nc(C(C)C)c(CC#N)s2)cc1. The summed E-state index contributed by atoms with van der Waals surface area (Å²) >= 11 is 1.61. The van der Waals surface area contributed by atoms with Crippen LogP contribution in [-0.2, 0) is 6.42 Å². The summed E-state index contributed by atoms with van der Waals surface area (Å²) in [6.45, 7) is 6.86. The zero-order chi connectivity index (χ0) is 14.5. The maximum absolute atomic E-state index is 8.91. The predicted octanol–water partition coefficient (Wildman–Crippen LogP) is 4.40. The molecule has 0 spiro atoms. The maximum Gasteiger partial charge on any atom is 0.123 e. The Hall–Kier alpha value is -1.86. The highest BCUT2D eigenvalue weighted by Crippen LogP contribution is 2.32. The van der Waals surface area contributed by atoms with Crippen LogP contribution in [0.25, 0.3) is 10.6 Å². The lowest BCUT2D eigenvalue weighted by molar-refractivity contribution is 0.340. The minimum Gasteiger partial charge on any atom is -0.494 e. The average molecular weight is 286 g/mol. The summed E-state index contributed by atoms with van der Waals surface area (Å²) in [6, 6.07) is 10.2. The monoisotopic (exact) mass is 286 g/mol. The van der Waals surface area contributed by atoms with Crippen molar-refractivity contribution in [2.75, 3.05) is 6.61 Å². The van der Waals surface area contributed by atoms with E-state index in [1.807, 2.05) is 31.2 Å². The van der Waals surface area contributed by atoms with E-state index >= 15 is 0 Å². The first-order valence-corrected chi connectivity index (χ1v) is 7.57. The van der Waals surface area contributed by atoms with E-state index in [1.54, 1.807) is 11.3 Å². The zero-order valence-electron chi connectivity index (χ0n) is 12.0. The van der Waals surface area contributed by atoms with Crippen LogP contribution in [-0.4, -0.2) is 11.6 Å². The molecule has 0 saturated carbocycles. The van der Waals surface area contributed by atoms with Crippen molar-refractivity contribution in [1.29, 1.82) is 5.26 Å². The van der Waals surface area contributed by atoms with E-state index in [1.165, 1.54) is 0 Å². The minimum absolute atomic E-state index is 0.339. The van der Waals surface area contributed by atoms with Crippen molar-refractivity contribution in [3.63, 3.8) is 0 Å². The number of ether oxygens (including phenoxy) is 1. The molecule has 0 radical (unpaired) electrons. The van der Waals surface area contributed by atoms with Crippen LogP contribution < -0.4 is 4.74 Å². The molecule has 3 nitrogen and oxygen atoms in total.